The minimum absolute atomic E-state index is 0.156. The van der Waals surface area contributed by atoms with E-state index in [0.717, 1.165) is 16.8 Å². The summed E-state index contributed by atoms with van der Waals surface area (Å²) in [6, 6.07) is 15.5. The molecule has 2 amide bonds. The van der Waals surface area contributed by atoms with E-state index in [1.807, 2.05) is 61.0 Å². The topological polar surface area (TPSA) is 76.0 Å². The zero-order valence-corrected chi connectivity index (χ0v) is 16.3. The van der Waals surface area contributed by atoms with Gasteiger partial charge in [0.25, 0.3) is 5.91 Å². The molecule has 0 spiro atoms. The third kappa shape index (κ3) is 4.46. The summed E-state index contributed by atoms with van der Waals surface area (Å²) in [6.07, 6.45) is 2.31. The summed E-state index contributed by atoms with van der Waals surface area (Å²) >= 11 is 0. The predicted molar refractivity (Wildman–Crippen MR) is 111 cm³/mol. The molecule has 144 valence electrons. The van der Waals surface area contributed by atoms with Crippen molar-refractivity contribution in [3.05, 3.63) is 77.1 Å². The third-order valence-corrected chi connectivity index (χ3v) is 4.51. The summed E-state index contributed by atoms with van der Waals surface area (Å²) in [5.41, 5.74) is 4.79. The van der Waals surface area contributed by atoms with Crippen LogP contribution in [-0.2, 0) is 17.8 Å². The molecule has 0 aliphatic heterocycles. The van der Waals surface area contributed by atoms with Gasteiger partial charge < -0.3 is 10.6 Å². The highest BCUT2D eigenvalue weighted by Crippen LogP contribution is 2.22. The number of hydrogen-bond donors (Lipinski definition) is 2. The number of aryl methyl sites for hydroxylation is 1. The summed E-state index contributed by atoms with van der Waals surface area (Å²) in [4.78, 5) is 24.2. The maximum atomic E-state index is 12.9. The number of nitrogens with zero attached hydrogens (tertiary/aromatic N) is 2. The van der Waals surface area contributed by atoms with Crippen LogP contribution in [0, 0.1) is 6.92 Å². The number of nitrogens with one attached hydrogen (secondary N) is 2. The van der Waals surface area contributed by atoms with Gasteiger partial charge in [0, 0.05) is 18.3 Å². The highest BCUT2D eigenvalue weighted by Gasteiger charge is 2.17. The molecule has 1 heterocycles. The van der Waals surface area contributed by atoms with Crippen molar-refractivity contribution in [2.45, 2.75) is 33.7 Å². The lowest BCUT2D eigenvalue weighted by Crippen LogP contribution is -2.16. The number of carbonyl (C=O) groups is 2. The monoisotopic (exact) mass is 376 g/mol. The van der Waals surface area contributed by atoms with Gasteiger partial charge in [0.2, 0.25) is 5.91 Å². The van der Waals surface area contributed by atoms with E-state index in [9.17, 15) is 9.59 Å². The van der Waals surface area contributed by atoms with Crippen molar-refractivity contribution in [3.8, 4) is 0 Å². The molecule has 0 bridgehead atoms. The number of anilines is 2. The molecule has 28 heavy (non-hydrogen) atoms. The molecule has 0 saturated heterocycles. The van der Waals surface area contributed by atoms with Crippen molar-refractivity contribution >= 4 is 23.2 Å². The first-order chi connectivity index (χ1) is 13.5. The summed E-state index contributed by atoms with van der Waals surface area (Å²) in [5, 5.41) is 10.1. The molecule has 3 rings (SSSR count). The summed E-state index contributed by atoms with van der Waals surface area (Å²) in [5.74, 6) is -0.365. The standard InChI is InChI=1S/C22H24N4O2/c1-4-21-19(13-23-26(21)14-17-8-6-5-7-9-17)22(28)25-20-12-18(24-16(3)27)11-10-15(20)2/h5-13H,4,14H2,1-3H3,(H,24,27)(H,25,28). The highest BCUT2D eigenvalue weighted by atomic mass is 16.2. The largest absolute Gasteiger partial charge is 0.326 e. The third-order valence-electron chi connectivity index (χ3n) is 4.51. The van der Waals surface area contributed by atoms with Gasteiger partial charge in [0.05, 0.1) is 24.0 Å². The minimum atomic E-state index is -0.209. The first-order valence-corrected chi connectivity index (χ1v) is 9.26. The van der Waals surface area contributed by atoms with Gasteiger partial charge in [-0.2, -0.15) is 5.10 Å². The molecule has 0 unspecified atom stereocenters. The van der Waals surface area contributed by atoms with Crippen LogP contribution in [0.15, 0.2) is 54.7 Å². The smallest absolute Gasteiger partial charge is 0.259 e. The van der Waals surface area contributed by atoms with Crippen molar-refractivity contribution in [2.75, 3.05) is 10.6 Å². The van der Waals surface area contributed by atoms with E-state index >= 15 is 0 Å². The van der Waals surface area contributed by atoms with Crippen molar-refractivity contribution in [1.82, 2.24) is 9.78 Å². The molecule has 0 saturated carbocycles. The van der Waals surface area contributed by atoms with Crippen LogP contribution in [0.2, 0.25) is 0 Å². The lowest BCUT2D eigenvalue weighted by molar-refractivity contribution is -0.114. The Kier molecular flexibility index (Phi) is 5.89. The van der Waals surface area contributed by atoms with Crippen molar-refractivity contribution in [1.29, 1.82) is 0 Å². The summed E-state index contributed by atoms with van der Waals surface area (Å²) in [7, 11) is 0. The number of rotatable bonds is 6. The van der Waals surface area contributed by atoms with Crippen molar-refractivity contribution < 1.29 is 9.59 Å². The van der Waals surface area contributed by atoms with Crippen LogP contribution in [0.25, 0.3) is 0 Å². The Morgan fingerprint density at radius 3 is 2.50 bits per heavy atom. The Bertz CT molecular complexity index is 993. The summed E-state index contributed by atoms with van der Waals surface area (Å²) < 4.78 is 1.87. The van der Waals surface area contributed by atoms with Gasteiger partial charge in [0.15, 0.2) is 0 Å². The fourth-order valence-corrected chi connectivity index (χ4v) is 3.09. The van der Waals surface area contributed by atoms with E-state index in [1.54, 1.807) is 12.3 Å². The quantitative estimate of drug-likeness (QED) is 0.682. The van der Waals surface area contributed by atoms with E-state index in [-0.39, 0.29) is 11.8 Å². The molecule has 0 fully saturated rings. The van der Waals surface area contributed by atoms with Crippen LogP contribution in [0.4, 0.5) is 11.4 Å². The molecule has 2 aromatic carbocycles. The van der Waals surface area contributed by atoms with Gasteiger partial charge in [-0.1, -0.05) is 43.3 Å². The van der Waals surface area contributed by atoms with Crippen molar-refractivity contribution in [3.63, 3.8) is 0 Å². The van der Waals surface area contributed by atoms with Gasteiger partial charge >= 0.3 is 0 Å². The Labute approximate surface area is 164 Å². The number of amides is 2. The minimum Gasteiger partial charge on any atom is -0.326 e. The molecule has 0 aliphatic rings. The van der Waals surface area contributed by atoms with E-state index in [0.29, 0.717) is 29.9 Å². The van der Waals surface area contributed by atoms with Crippen LogP contribution in [0.1, 0.15) is 41.0 Å². The number of hydrogen-bond acceptors (Lipinski definition) is 3. The number of aromatic nitrogens is 2. The van der Waals surface area contributed by atoms with E-state index in [2.05, 4.69) is 15.7 Å². The maximum absolute atomic E-state index is 12.9. The molecular formula is C22H24N4O2. The Hall–Kier alpha value is -3.41. The van der Waals surface area contributed by atoms with Crippen LogP contribution < -0.4 is 10.6 Å². The second kappa shape index (κ2) is 8.52. The average molecular weight is 376 g/mol. The van der Waals surface area contributed by atoms with E-state index < -0.39 is 0 Å². The first kappa shape index (κ1) is 19.4. The number of benzene rings is 2. The van der Waals surface area contributed by atoms with Crippen molar-refractivity contribution in [2.24, 2.45) is 0 Å². The zero-order chi connectivity index (χ0) is 20.1. The lowest BCUT2D eigenvalue weighted by Gasteiger charge is -2.12. The average Bonchev–Trinajstić information content (AvgIpc) is 3.07. The zero-order valence-electron chi connectivity index (χ0n) is 16.3. The Balaban J connectivity index is 1.82. The maximum Gasteiger partial charge on any atom is 0.259 e. The molecule has 1 aromatic heterocycles. The van der Waals surface area contributed by atoms with Gasteiger partial charge in [-0.05, 0) is 36.6 Å². The first-order valence-electron chi connectivity index (χ1n) is 9.26. The van der Waals surface area contributed by atoms with E-state index in [1.165, 1.54) is 6.92 Å². The summed E-state index contributed by atoms with van der Waals surface area (Å²) in [6.45, 7) is 5.99. The molecule has 3 aromatic rings. The normalized spacial score (nSPS) is 10.5. The second-order valence-electron chi connectivity index (χ2n) is 6.67. The van der Waals surface area contributed by atoms with E-state index in [4.69, 9.17) is 0 Å². The molecule has 6 heteroatoms. The van der Waals surface area contributed by atoms with Crippen LogP contribution in [0.5, 0.6) is 0 Å². The fourth-order valence-electron chi connectivity index (χ4n) is 3.09. The predicted octanol–water partition coefficient (Wildman–Crippen LogP) is 4.01. The highest BCUT2D eigenvalue weighted by molar-refractivity contribution is 6.05. The number of carbonyl (C=O) groups excluding carboxylic acids is 2. The Morgan fingerprint density at radius 1 is 1.07 bits per heavy atom. The van der Waals surface area contributed by atoms with Gasteiger partial charge in [0.1, 0.15) is 0 Å². The molecule has 2 N–H and O–H groups in total. The molecule has 6 nitrogen and oxygen atoms in total. The fraction of sp³-hybridized carbons (Fsp3) is 0.227. The molecule has 0 radical (unpaired) electrons. The SMILES string of the molecule is CCc1c(C(=O)Nc2cc(NC(C)=O)ccc2C)cnn1Cc1ccccc1. The molecule has 0 atom stereocenters. The van der Waals surface area contributed by atoms with Gasteiger partial charge in [-0.25, -0.2) is 0 Å². The van der Waals surface area contributed by atoms with Gasteiger partial charge in [-0.3, -0.25) is 14.3 Å². The lowest BCUT2D eigenvalue weighted by atomic mass is 10.1. The second-order valence-corrected chi connectivity index (χ2v) is 6.67. The van der Waals surface area contributed by atoms with Crippen LogP contribution in [-0.4, -0.2) is 21.6 Å². The Morgan fingerprint density at radius 2 is 1.82 bits per heavy atom. The molecular weight excluding hydrogens is 352 g/mol. The van der Waals surface area contributed by atoms with Crippen LogP contribution >= 0.6 is 0 Å². The van der Waals surface area contributed by atoms with Crippen LogP contribution in [0.3, 0.4) is 0 Å². The molecule has 0 aliphatic carbocycles. The van der Waals surface area contributed by atoms with Gasteiger partial charge in [-0.15, -0.1) is 0 Å².